The number of hydrogen-bond donors (Lipinski definition) is 1. The summed E-state index contributed by atoms with van der Waals surface area (Å²) in [6.45, 7) is 2.18. The number of anilines is 1. The summed E-state index contributed by atoms with van der Waals surface area (Å²) in [5.41, 5.74) is 1.63. The van der Waals surface area contributed by atoms with E-state index >= 15 is 0 Å². The molecule has 31 heavy (non-hydrogen) atoms. The minimum Gasteiger partial charge on any atom is -0.493 e. The van der Waals surface area contributed by atoms with Crippen LogP contribution in [0.3, 0.4) is 0 Å². The van der Waals surface area contributed by atoms with Gasteiger partial charge in [0.05, 0.1) is 7.11 Å². The van der Waals surface area contributed by atoms with Crippen molar-refractivity contribution < 1.29 is 27.4 Å². The zero-order valence-electron chi connectivity index (χ0n) is 17.3. The Hall–Kier alpha value is -2.94. The largest absolute Gasteiger partial charge is 0.493 e. The van der Waals surface area contributed by atoms with Gasteiger partial charge in [0.25, 0.3) is 0 Å². The lowest BCUT2D eigenvalue weighted by Crippen LogP contribution is -2.50. The zero-order valence-corrected chi connectivity index (χ0v) is 17.3. The van der Waals surface area contributed by atoms with Crippen molar-refractivity contribution in [2.45, 2.75) is 12.6 Å². The molecule has 1 heterocycles. The summed E-state index contributed by atoms with van der Waals surface area (Å²) in [6, 6.07) is 14.3. The number of rotatable bonds is 7. The number of methoxy groups -OCH3 is 1. The standard InChI is InChI=1S/C22H26F3N3O3/c1-30-19-8-7-18(15-20(19)31-16-22(23,24)25)26-21(29)28-13-11-27(12-14-28)10-9-17-5-3-2-4-6-17/h2-8,15H,9-14,16H2,1H3,(H,26,29). The molecule has 0 aliphatic carbocycles. The molecule has 0 atom stereocenters. The maximum absolute atomic E-state index is 12.6. The Kier molecular flexibility index (Phi) is 7.62. The van der Waals surface area contributed by atoms with Crippen LogP contribution in [0, 0.1) is 0 Å². The Labute approximate surface area is 179 Å². The van der Waals surface area contributed by atoms with Crippen molar-refractivity contribution in [1.29, 1.82) is 0 Å². The second-order valence-electron chi connectivity index (χ2n) is 7.26. The second kappa shape index (κ2) is 10.4. The quantitative estimate of drug-likeness (QED) is 0.711. The van der Waals surface area contributed by atoms with Gasteiger partial charge in [-0.25, -0.2) is 4.79 Å². The molecule has 2 amide bonds. The average Bonchev–Trinajstić information content (AvgIpc) is 2.77. The first-order valence-electron chi connectivity index (χ1n) is 10.0. The van der Waals surface area contributed by atoms with Gasteiger partial charge in [-0.2, -0.15) is 13.2 Å². The summed E-state index contributed by atoms with van der Waals surface area (Å²) in [6.07, 6.45) is -3.51. The van der Waals surface area contributed by atoms with Gasteiger partial charge < -0.3 is 19.7 Å². The molecule has 1 aliphatic rings. The average molecular weight is 437 g/mol. The molecule has 0 radical (unpaired) electrons. The van der Waals surface area contributed by atoms with Crippen LogP contribution in [0.15, 0.2) is 48.5 Å². The number of amides is 2. The summed E-state index contributed by atoms with van der Waals surface area (Å²) >= 11 is 0. The van der Waals surface area contributed by atoms with Crippen LogP contribution >= 0.6 is 0 Å². The van der Waals surface area contributed by atoms with Crippen molar-refractivity contribution in [3.63, 3.8) is 0 Å². The maximum Gasteiger partial charge on any atom is 0.422 e. The summed E-state index contributed by atoms with van der Waals surface area (Å²) < 4.78 is 47.3. The third-order valence-electron chi connectivity index (χ3n) is 5.03. The van der Waals surface area contributed by atoms with Gasteiger partial charge in [-0.1, -0.05) is 30.3 Å². The molecule has 9 heteroatoms. The number of nitrogens with zero attached hydrogens (tertiary/aromatic N) is 2. The summed E-state index contributed by atoms with van der Waals surface area (Å²) in [4.78, 5) is 16.6. The lowest BCUT2D eigenvalue weighted by Gasteiger charge is -2.34. The second-order valence-corrected chi connectivity index (χ2v) is 7.26. The van der Waals surface area contributed by atoms with Gasteiger partial charge in [0.2, 0.25) is 0 Å². The topological polar surface area (TPSA) is 54.0 Å². The monoisotopic (exact) mass is 437 g/mol. The molecular weight excluding hydrogens is 411 g/mol. The predicted octanol–water partition coefficient (Wildman–Crippen LogP) is 4.03. The van der Waals surface area contributed by atoms with Gasteiger partial charge in [-0.15, -0.1) is 0 Å². The number of ether oxygens (including phenoxy) is 2. The first-order chi connectivity index (χ1) is 14.8. The highest BCUT2D eigenvalue weighted by atomic mass is 19.4. The van der Waals surface area contributed by atoms with Gasteiger partial charge in [0, 0.05) is 44.5 Å². The minimum absolute atomic E-state index is 0.0802. The van der Waals surface area contributed by atoms with Crippen LogP contribution in [0.25, 0.3) is 0 Å². The SMILES string of the molecule is COc1ccc(NC(=O)N2CCN(CCc3ccccc3)CC2)cc1OCC(F)(F)F. The minimum atomic E-state index is -4.47. The molecule has 0 aromatic heterocycles. The fourth-order valence-corrected chi connectivity index (χ4v) is 3.34. The van der Waals surface area contributed by atoms with E-state index in [1.54, 1.807) is 11.0 Å². The third kappa shape index (κ3) is 7.06. The van der Waals surface area contributed by atoms with Gasteiger partial charge in [-0.05, 0) is 24.1 Å². The Morgan fingerprint density at radius 1 is 1.03 bits per heavy atom. The molecule has 0 saturated carbocycles. The van der Waals surface area contributed by atoms with Crippen LogP contribution in [0.1, 0.15) is 5.56 Å². The lowest BCUT2D eigenvalue weighted by molar-refractivity contribution is -0.153. The van der Waals surface area contributed by atoms with E-state index in [4.69, 9.17) is 9.47 Å². The van der Waals surface area contributed by atoms with Crippen LogP contribution in [-0.4, -0.2) is 68.4 Å². The number of carbonyl (C=O) groups is 1. The number of urea groups is 1. The molecule has 0 bridgehead atoms. The van der Waals surface area contributed by atoms with Crippen LogP contribution in [-0.2, 0) is 6.42 Å². The highest BCUT2D eigenvalue weighted by Gasteiger charge is 2.29. The molecule has 6 nitrogen and oxygen atoms in total. The van der Waals surface area contributed by atoms with Crippen molar-refractivity contribution in [2.24, 2.45) is 0 Å². The van der Waals surface area contributed by atoms with Gasteiger partial charge in [0.1, 0.15) is 0 Å². The van der Waals surface area contributed by atoms with E-state index in [-0.39, 0.29) is 17.5 Å². The molecule has 2 aromatic carbocycles. The Balaban J connectivity index is 1.50. The van der Waals surface area contributed by atoms with Crippen molar-refractivity contribution in [2.75, 3.05) is 51.8 Å². The normalized spacial score (nSPS) is 14.9. The number of nitrogens with one attached hydrogen (secondary N) is 1. The van der Waals surface area contributed by atoms with Gasteiger partial charge >= 0.3 is 12.2 Å². The molecule has 1 saturated heterocycles. The number of halogens is 3. The summed E-state index contributed by atoms with van der Waals surface area (Å²) in [5, 5.41) is 2.72. The van der Waals surface area contributed by atoms with Crippen LogP contribution in [0.2, 0.25) is 0 Å². The summed E-state index contributed by atoms with van der Waals surface area (Å²) in [7, 11) is 1.34. The number of hydrogen-bond acceptors (Lipinski definition) is 4. The number of benzene rings is 2. The van der Waals surface area contributed by atoms with Crippen molar-refractivity contribution in [1.82, 2.24) is 9.80 Å². The number of alkyl halides is 3. The lowest BCUT2D eigenvalue weighted by atomic mass is 10.1. The number of carbonyl (C=O) groups excluding carboxylic acids is 1. The van der Waals surface area contributed by atoms with E-state index < -0.39 is 12.8 Å². The highest BCUT2D eigenvalue weighted by molar-refractivity contribution is 5.89. The molecule has 1 fully saturated rings. The summed E-state index contributed by atoms with van der Waals surface area (Å²) in [5.74, 6) is 0.0811. The van der Waals surface area contributed by atoms with E-state index in [0.29, 0.717) is 18.8 Å². The Morgan fingerprint density at radius 2 is 1.74 bits per heavy atom. The first kappa shape index (κ1) is 22.7. The van der Waals surface area contributed by atoms with E-state index in [1.165, 1.54) is 24.8 Å². The van der Waals surface area contributed by atoms with E-state index in [0.717, 1.165) is 26.1 Å². The van der Waals surface area contributed by atoms with Crippen molar-refractivity contribution in [3.05, 3.63) is 54.1 Å². The molecule has 0 unspecified atom stereocenters. The molecule has 1 N–H and O–H groups in total. The fraction of sp³-hybridized carbons (Fsp3) is 0.409. The van der Waals surface area contributed by atoms with Crippen molar-refractivity contribution in [3.8, 4) is 11.5 Å². The van der Waals surface area contributed by atoms with Crippen LogP contribution in [0.4, 0.5) is 23.7 Å². The molecule has 168 valence electrons. The number of piperazine rings is 1. The molecule has 3 rings (SSSR count). The maximum atomic E-state index is 12.6. The first-order valence-corrected chi connectivity index (χ1v) is 10.0. The van der Waals surface area contributed by atoms with Gasteiger partial charge in [0.15, 0.2) is 18.1 Å². The van der Waals surface area contributed by atoms with Crippen LogP contribution < -0.4 is 14.8 Å². The Bertz CT molecular complexity index is 854. The van der Waals surface area contributed by atoms with Crippen molar-refractivity contribution >= 4 is 11.7 Å². The third-order valence-corrected chi connectivity index (χ3v) is 5.03. The predicted molar refractivity (Wildman–Crippen MR) is 112 cm³/mol. The van der Waals surface area contributed by atoms with Crippen LogP contribution in [0.5, 0.6) is 11.5 Å². The smallest absolute Gasteiger partial charge is 0.422 e. The molecule has 0 spiro atoms. The van der Waals surface area contributed by atoms with Gasteiger partial charge in [-0.3, -0.25) is 4.90 Å². The molecule has 1 aliphatic heterocycles. The Morgan fingerprint density at radius 3 is 2.39 bits per heavy atom. The van der Waals surface area contributed by atoms with E-state index in [1.807, 2.05) is 18.2 Å². The fourth-order valence-electron chi connectivity index (χ4n) is 3.34. The van der Waals surface area contributed by atoms with E-state index in [2.05, 4.69) is 22.3 Å². The van der Waals surface area contributed by atoms with E-state index in [9.17, 15) is 18.0 Å². The highest BCUT2D eigenvalue weighted by Crippen LogP contribution is 2.31. The molecule has 2 aromatic rings. The molecular formula is C22H26F3N3O3. The zero-order chi connectivity index (χ0) is 22.3.